The van der Waals surface area contributed by atoms with E-state index in [0.717, 1.165) is 6.42 Å². The Labute approximate surface area is 206 Å². The average molecular weight is 459 g/mol. The molecule has 2 aromatic rings. The van der Waals surface area contributed by atoms with Crippen LogP contribution in [0.2, 0.25) is 0 Å². The van der Waals surface area contributed by atoms with Crippen LogP contribution in [0.15, 0.2) is 30.3 Å². The molecule has 0 amide bonds. The molecule has 2 heteroatoms. The molecule has 0 radical (unpaired) electrons. The molecule has 1 unspecified atom stereocenters. The Balaban J connectivity index is 1.48. The van der Waals surface area contributed by atoms with Gasteiger partial charge in [0.25, 0.3) is 0 Å². The van der Waals surface area contributed by atoms with Crippen molar-refractivity contribution in [3.63, 3.8) is 0 Å². The minimum Gasteiger partial charge on any atom is -0.508 e. The molecule has 2 nitrogen and oxygen atoms in total. The second-order valence-electron chi connectivity index (χ2n) is 11.4. The van der Waals surface area contributed by atoms with E-state index in [1.807, 2.05) is 12.1 Å². The van der Waals surface area contributed by atoms with Gasteiger partial charge in [0.1, 0.15) is 11.5 Å². The van der Waals surface area contributed by atoms with E-state index in [1.165, 1.54) is 116 Å². The molecule has 0 saturated heterocycles. The standard InChI is InChI=1S/C32H42O2/c1-21-16-31(33)29(23-10-5-3-6-11-23)19-27(21)25-14-9-15-26(18-25)28-20-30(32(34)17-22(28)2)24-12-7-4-8-13-24/h16-20,23-25,33-34H,3-15H2,1-2H3. The fraction of sp³-hybridized carbons (Fsp3) is 0.562. The molecule has 2 saturated carbocycles. The smallest absolute Gasteiger partial charge is 0.119 e. The maximum atomic E-state index is 10.8. The van der Waals surface area contributed by atoms with Gasteiger partial charge in [0.2, 0.25) is 0 Å². The first kappa shape index (κ1) is 23.5. The zero-order chi connectivity index (χ0) is 23.7. The Hall–Kier alpha value is -2.22. The van der Waals surface area contributed by atoms with Crippen molar-refractivity contribution in [2.75, 3.05) is 0 Å². The number of aryl methyl sites for hydroxylation is 2. The van der Waals surface area contributed by atoms with Crippen LogP contribution < -0.4 is 0 Å². The summed E-state index contributed by atoms with van der Waals surface area (Å²) in [4.78, 5) is 0. The highest BCUT2D eigenvalue weighted by Gasteiger charge is 2.25. The van der Waals surface area contributed by atoms with Crippen LogP contribution in [0.1, 0.15) is 135 Å². The zero-order valence-electron chi connectivity index (χ0n) is 21.2. The Morgan fingerprint density at radius 1 is 0.588 bits per heavy atom. The van der Waals surface area contributed by atoms with Crippen molar-refractivity contribution in [2.45, 2.75) is 115 Å². The van der Waals surface area contributed by atoms with Crippen molar-refractivity contribution < 1.29 is 10.2 Å². The van der Waals surface area contributed by atoms with Crippen LogP contribution in [0.5, 0.6) is 11.5 Å². The van der Waals surface area contributed by atoms with Gasteiger partial charge in [0.05, 0.1) is 0 Å². The zero-order valence-corrected chi connectivity index (χ0v) is 21.2. The van der Waals surface area contributed by atoms with Gasteiger partial charge in [0.15, 0.2) is 0 Å². The lowest BCUT2D eigenvalue weighted by molar-refractivity contribution is 0.413. The number of hydrogen-bond acceptors (Lipinski definition) is 2. The van der Waals surface area contributed by atoms with Crippen molar-refractivity contribution in [3.05, 3.63) is 63.7 Å². The molecule has 5 rings (SSSR count). The third-order valence-electron chi connectivity index (χ3n) is 8.99. The second kappa shape index (κ2) is 10.2. The lowest BCUT2D eigenvalue weighted by Gasteiger charge is -2.28. The van der Waals surface area contributed by atoms with E-state index in [0.29, 0.717) is 29.3 Å². The Bertz CT molecular complexity index is 1050. The Morgan fingerprint density at radius 2 is 1.15 bits per heavy atom. The van der Waals surface area contributed by atoms with E-state index in [1.54, 1.807) is 0 Å². The number of aromatic hydroxyl groups is 2. The summed E-state index contributed by atoms with van der Waals surface area (Å²) in [5, 5.41) is 21.5. The summed E-state index contributed by atoms with van der Waals surface area (Å²) < 4.78 is 0. The quantitative estimate of drug-likeness (QED) is 0.479. The topological polar surface area (TPSA) is 40.5 Å². The lowest BCUT2D eigenvalue weighted by Crippen LogP contribution is -2.10. The van der Waals surface area contributed by atoms with Gasteiger partial charge < -0.3 is 10.2 Å². The highest BCUT2D eigenvalue weighted by Crippen LogP contribution is 2.45. The van der Waals surface area contributed by atoms with E-state index < -0.39 is 0 Å². The average Bonchev–Trinajstić information content (AvgIpc) is 2.85. The van der Waals surface area contributed by atoms with Gasteiger partial charge in [-0.25, -0.2) is 0 Å². The van der Waals surface area contributed by atoms with E-state index >= 15 is 0 Å². The van der Waals surface area contributed by atoms with Crippen LogP contribution in [0.3, 0.4) is 0 Å². The fourth-order valence-electron chi connectivity index (χ4n) is 7.05. The van der Waals surface area contributed by atoms with Crippen LogP contribution in [0.25, 0.3) is 5.57 Å². The van der Waals surface area contributed by atoms with Gasteiger partial charge in [-0.15, -0.1) is 0 Å². The summed E-state index contributed by atoms with van der Waals surface area (Å²) in [6, 6.07) is 8.71. The minimum atomic E-state index is 0.401. The minimum absolute atomic E-state index is 0.401. The highest BCUT2D eigenvalue weighted by molar-refractivity contribution is 5.72. The van der Waals surface area contributed by atoms with Gasteiger partial charge in [-0.3, -0.25) is 0 Å². The van der Waals surface area contributed by atoms with Gasteiger partial charge >= 0.3 is 0 Å². The summed E-state index contributed by atoms with van der Waals surface area (Å²) in [5.41, 5.74) is 8.94. The monoisotopic (exact) mass is 458 g/mol. The third kappa shape index (κ3) is 4.79. The van der Waals surface area contributed by atoms with Crippen LogP contribution in [-0.4, -0.2) is 10.2 Å². The van der Waals surface area contributed by atoms with Crippen molar-refractivity contribution in [1.82, 2.24) is 0 Å². The first-order valence-electron chi connectivity index (χ1n) is 13.9. The van der Waals surface area contributed by atoms with Crippen LogP contribution in [0, 0.1) is 13.8 Å². The molecule has 2 fully saturated rings. The largest absolute Gasteiger partial charge is 0.508 e. The molecular formula is C32H42O2. The van der Waals surface area contributed by atoms with Crippen LogP contribution >= 0.6 is 0 Å². The van der Waals surface area contributed by atoms with Crippen LogP contribution in [-0.2, 0) is 0 Å². The van der Waals surface area contributed by atoms with Gasteiger partial charge in [-0.1, -0.05) is 50.7 Å². The maximum absolute atomic E-state index is 10.8. The molecule has 1 atom stereocenters. The molecule has 2 aromatic carbocycles. The summed E-state index contributed by atoms with van der Waals surface area (Å²) in [6.45, 7) is 4.31. The predicted octanol–water partition coefficient (Wildman–Crippen LogP) is 9.16. The summed E-state index contributed by atoms with van der Waals surface area (Å²) in [5.74, 6) is 2.41. The number of allylic oxidation sites excluding steroid dienone is 2. The predicted molar refractivity (Wildman–Crippen MR) is 142 cm³/mol. The second-order valence-corrected chi connectivity index (χ2v) is 11.4. The van der Waals surface area contributed by atoms with Crippen molar-refractivity contribution >= 4 is 5.57 Å². The highest BCUT2D eigenvalue weighted by atomic mass is 16.3. The molecule has 0 aliphatic heterocycles. The van der Waals surface area contributed by atoms with Crippen molar-refractivity contribution in [3.8, 4) is 11.5 Å². The molecule has 0 spiro atoms. The summed E-state index contributed by atoms with van der Waals surface area (Å²) in [7, 11) is 0. The number of benzene rings is 2. The SMILES string of the molecule is Cc1cc(O)c(C2CCCCC2)cc1C1=CC(c2cc(C3CCCCC3)c(O)cc2C)CCC1. The third-order valence-corrected chi connectivity index (χ3v) is 8.99. The van der Waals surface area contributed by atoms with Gasteiger partial charge in [-0.2, -0.15) is 0 Å². The fourth-order valence-corrected chi connectivity index (χ4v) is 7.05. The van der Waals surface area contributed by atoms with E-state index in [9.17, 15) is 10.2 Å². The normalized spacial score (nSPS) is 22.5. The molecule has 0 bridgehead atoms. The molecule has 34 heavy (non-hydrogen) atoms. The molecule has 2 N–H and O–H groups in total. The molecule has 182 valence electrons. The van der Waals surface area contributed by atoms with Crippen molar-refractivity contribution in [2.24, 2.45) is 0 Å². The van der Waals surface area contributed by atoms with Crippen LogP contribution in [0.4, 0.5) is 0 Å². The number of hydrogen-bond donors (Lipinski definition) is 2. The molecule has 0 heterocycles. The molecule has 3 aliphatic carbocycles. The first-order valence-corrected chi connectivity index (χ1v) is 13.9. The van der Waals surface area contributed by atoms with E-state index in [4.69, 9.17) is 0 Å². The summed E-state index contributed by atoms with van der Waals surface area (Å²) in [6.07, 6.45) is 18.6. The van der Waals surface area contributed by atoms with E-state index in [-0.39, 0.29) is 0 Å². The lowest BCUT2D eigenvalue weighted by atomic mass is 9.77. The van der Waals surface area contributed by atoms with Gasteiger partial charge in [0, 0.05) is 5.92 Å². The molecule has 0 aromatic heterocycles. The maximum Gasteiger partial charge on any atom is 0.119 e. The number of phenolic OH excluding ortho intramolecular Hbond substituents is 2. The first-order chi connectivity index (χ1) is 16.5. The Morgan fingerprint density at radius 3 is 1.76 bits per heavy atom. The summed E-state index contributed by atoms with van der Waals surface area (Å²) >= 11 is 0. The molecular weight excluding hydrogens is 416 g/mol. The molecule has 3 aliphatic rings. The number of phenols is 2. The Kier molecular flexibility index (Phi) is 7.04. The van der Waals surface area contributed by atoms with E-state index in [2.05, 4.69) is 32.1 Å². The van der Waals surface area contributed by atoms with Crippen molar-refractivity contribution in [1.29, 1.82) is 0 Å². The van der Waals surface area contributed by atoms with Gasteiger partial charge in [-0.05, 0) is 128 Å². The number of rotatable bonds is 4.